The Labute approximate surface area is 82.1 Å². The van der Waals surface area contributed by atoms with Crippen molar-refractivity contribution < 1.29 is 0 Å². The Morgan fingerprint density at radius 2 is 1.85 bits per heavy atom. The molecule has 2 N–H and O–H groups in total. The van der Waals surface area contributed by atoms with E-state index in [1.54, 1.807) is 0 Å². The summed E-state index contributed by atoms with van der Waals surface area (Å²) >= 11 is 0. The lowest BCUT2D eigenvalue weighted by atomic mass is 10.1. The summed E-state index contributed by atoms with van der Waals surface area (Å²) in [6.45, 7) is 5.93. The third kappa shape index (κ3) is 11.1. The van der Waals surface area contributed by atoms with Gasteiger partial charge >= 0.3 is 0 Å². The molecule has 1 heteroatoms. The van der Waals surface area contributed by atoms with E-state index < -0.39 is 5.54 Å². The predicted molar refractivity (Wildman–Crippen MR) is 58.0 cm³/mol. The fourth-order valence-electron chi connectivity index (χ4n) is 0.762. The van der Waals surface area contributed by atoms with Gasteiger partial charge in [0.2, 0.25) is 0 Å². The molecular weight excluding hydrogens is 158 g/mol. The highest BCUT2D eigenvalue weighted by Gasteiger charge is 2.02. The van der Waals surface area contributed by atoms with Crippen LogP contribution in [0, 0.1) is 23.7 Å². The van der Waals surface area contributed by atoms with Crippen LogP contribution in [-0.2, 0) is 0 Å². The first-order valence-corrected chi connectivity index (χ1v) is 4.85. The molecular formula is C12H19N. The van der Waals surface area contributed by atoms with E-state index in [1.807, 2.05) is 13.8 Å². The van der Waals surface area contributed by atoms with Crippen molar-refractivity contribution in [2.24, 2.45) is 5.73 Å². The average Bonchev–Trinajstić information content (AvgIpc) is 2.01. The van der Waals surface area contributed by atoms with Crippen LogP contribution in [0.4, 0.5) is 0 Å². The third-order valence-electron chi connectivity index (χ3n) is 1.44. The van der Waals surface area contributed by atoms with Crippen LogP contribution in [0.2, 0.25) is 0 Å². The van der Waals surface area contributed by atoms with Crippen LogP contribution in [0.15, 0.2) is 0 Å². The lowest BCUT2D eigenvalue weighted by Gasteiger charge is -2.06. The summed E-state index contributed by atoms with van der Waals surface area (Å²) in [6, 6.07) is 0. The van der Waals surface area contributed by atoms with E-state index in [0.29, 0.717) is 0 Å². The molecule has 0 heterocycles. The van der Waals surface area contributed by atoms with Crippen molar-refractivity contribution in [1.29, 1.82) is 0 Å². The predicted octanol–water partition coefficient (Wildman–Crippen LogP) is 2.31. The first-order valence-electron chi connectivity index (χ1n) is 4.85. The molecule has 0 saturated heterocycles. The Bertz CT molecular complexity index is 236. The van der Waals surface area contributed by atoms with Crippen LogP contribution >= 0.6 is 0 Å². The van der Waals surface area contributed by atoms with Crippen LogP contribution in [0.25, 0.3) is 0 Å². The molecule has 0 amide bonds. The molecule has 0 aromatic rings. The van der Waals surface area contributed by atoms with Gasteiger partial charge in [-0.1, -0.05) is 31.6 Å². The largest absolute Gasteiger partial charge is 0.316 e. The molecule has 0 aromatic heterocycles. The van der Waals surface area contributed by atoms with Gasteiger partial charge in [0.15, 0.2) is 0 Å². The van der Waals surface area contributed by atoms with Gasteiger partial charge in [0, 0.05) is 6.42 Å². The van der Waals surface area contributed by atoms with E-state index in [-0.39, 0.29) is 0 Å². The number of unbranched alkanes of at least 4 members (excludes halogenated alkanes) is 3. The normalized spacial score (nSPS) is 9.54. The average molecular weight is 177 g/mol. The van der Waals surface area contributed by atoms with Crippen molar-refractivity contribution in [3.63, 3.8) is 0 Å². The molecule has 0 aliphatic carbocycles. The van der Waals surface area contributed by atoms with Gasteiger partial charge in [0.1, 0.15) is 0 Å². The van der Waals surface area contributed by atoms with E-state index in [4.69, 9.17) is 5.73 Å². The van der Waals surface area contributed by atoms with Crippen molar-refractivity contribution in [3.8, 4) is 23.7 Å². The van der Waals surface area contributed by atoms with Gasteiger partial charge in [-0.15, -0.1) is 0 Å². The van der Waals surface area contributed by atoms with Gasteiger partial charge < -0.3 is 5.73 Å². The molecule has 0 aliphatic rings. The van der Waals surface area contributed by atoms with Crippen LogP contribution in [-0.4, -0.2) is 5.54 Å². The quantitative estimate of drug-likeness (QED) is 0.519. The lowest BCUT2D eigenvalue weighted by Crippen LogP contribution is -2.29. The molecule has 0 unspecified atom stereocenters. The molecule has 72 valence electrons. The summed E-state index contributed by atoms with van der Waals surface area (Å²) in [4.78, 5) is 0. The SMILES string of the molecule is CCCCCC#CC#CC(C)(C)N. The molecule has 1 nitrogen and oxygen atoms in total. The smallest absolute Gasteiger partial charge is 0.0729 e. The van der Waals surface area contributed by atoms with Gasteiger partial charge in [-0.3, -0.25) is 0 Å². The highest BCUT2D eigenvalue weighted by molar-refractivity contribution is 5.29. The minimum Gasteiger partial charge on any atom is -0.316 e. The Kier molecular flexibility index (Phi) is 6.11. The summed E-state index contributed by atoms with van der Waals surface area (Å²) in [5, 5.41) is 0. The molecule has 0 aromatic carbocycles. The van der Waals surface area contributed by atoms with E-state index in [2.05, 4.69) is 30.6 Å². The van der Waals surface area contributed by atoms with Gasteiger partial charge in [-0.2, -0.15) is 0 Å². The summed E-state index contributed by atoms with van der Waals surface area (Å²) in [6.07, 6.45) is 4.62. The molecule has 0 fully saturated rings. The fraction of sp³-hybridized carbons (Fsp3) is 0.667. The molecule has 0 atom stereocenters. The first-order chi connectivity index (χ1) is 6.06. The second-order valence-electron chi connectivity index (χ2n) is 3.73. The monoisotopic (exact) mass is 177 g/mol. The maximum atomic E-state index is 5.66. The van der Waals surface area contributed by atoms with Crippen molar-refractivity contribution >= 4 is 0 Å². The second-order valence-corrected chi connectivity index (χ2v) is 3.73. The standard InChI is InChI=1S/C12H19N/c1-4-5-6-7-8-9-10-11-12(2,3)13/h4-7,13H2,1-3H3. The molecule has 0 bridgehead atoms. The van der Waals surface area contributed by atoms with Crippen LogP contribution in [0.3, 0.4) is 0 Å². The summed E-state index contributed by atoms with van der Waals surface area (Å²) in [5.41, 5.74) is 5.24. The Balaban J connectivity index is 3.65. The molecule has 0 aliphatic heterocycles. The highest BCUT2D eigenvalue weighted by Crippen LogP contribution is 1.96. The number of rotatable bonds is 3. The van der Waals surface area contributed by atoms with Crippen molar-refractivity contribution in [2.75, 3.05) is 0 Å². The van der Waals surface area contributed by atoms with E-state index in [1.165, 1.54) is 19.3 Å². The minimum atomic E-state index is -0.419. The maximum Gasteiger partial charge on any atom is 0.0729 e. The van der Waals surface area contributed by atoms with Crippen LogP contribution < -0.4 is 5.73 Å². The Hall–Kier alpha value is -0.920. The molecule has 0 rings (SSSR count). The van der Waals surface area contributed by atoms with Crippen LogP contribution in [0.5, 0.6) is 0 Å². The fourth-order valence-corrected chi connectivity index (χ4v) is 0.762. The van der Waals surface area contributed by atoms with Crippen molar-refractivity contribution in [2.45, 2.75) is 52.0 Å². The molecule has 0 saturated carbocycles. The second kappa shape index (κ2) is 6.58. The summed E-state index contributed by atoms with van der Waals surface area (Å²) in [7, 11) is 0. The van der Waals surface area contributed by atoms with Gasteiger partial charge in [-0.25, -0.2) is 0 Å². The zero-order valence-electron chi connectivity index (χ0n) is 8.91. The minimum absolute atomic E-state index is 0.419. The topological polar surface area (TPSA) is 26.0 Å². The van der Waals surface area contributed by atoms with E-state index in [9.17, 15) is 0 Å². The lowest BCUT2D eigenvalue weighted by molar-refractivity contribution is 0.681. The molecule has 0 radical (unpaired) electrons. The molecule has 0 spiro atoms. The Morgan fingerprint density at radius 3 is 2.38 bits per heavy atom. The zero-order valence-corrected chi connectivity index (χ0v) is 8.91. The number of hydrogen-bond acceptors (Lipinski definition) is 1. The number of nitrogens with two attached hydrogens (primary N) is 1. The van der Waals surface area contributed by atoms with E-state index >= 15 is 0 Å². The van der Waals surface area contributed by atoms with Crippen molar-refractivity contribution in [1.82, 2.24) is 0 Å². The highest BCUT2D eigenvalue weighted by atomic mass is 14.7. The van der Waals surface area contributed by atoms with E-state index in [0.717, 1.165) is 6.42 Å². The van der Waals surface area contributed by atoms with Gasteiger partial charge in [0.05, 0.1) is 5.54 Å². The molecule has 13 heavy (non-hydrogen) atoms. The van der Waals surface area contributed by atoms with Gasteiger partial charge in [-0.05, 0) is 32.1 Å². The van der Waals surface area contributed by atoms with Gasteiger partial charge in [0.25, 0.3) is 0 Å². The van der Waals surface area contributed by atoms with Crippen LogP contribution in [0.1, 0.15) is 46.5 Å². The number of hydrogen-bond donors (Lipinski definition) is 1. The first kappa shape index (κ1) is 12.1. The Morgan fingerprint density at radius 1 is 1.15 bits per heavy atom. The maximum absolute atomic E-state index is 5.66. The summed E-state index contributed by atoms with van der Waals surface area (Å²) < 4.78 is 0. The van der Waals surface area contributed by atoms with Crippen molar-refractivity contribution in [3.05, 3.63) is 0 Å². The third-order valence-corrected chi connectivity index (χ3v) is 1.44. The summed E-state index contributed by atoms with van der Waals surface area (Å²) in [5.74, 6) is 11.5. The zero-order chi connectivity index (χ0) is 10.2.